The van der Waals surface area contributed by atoms with Crippen molar-refractivity contribution in [2.45, 2.75) is 19.4 Å². The maximum atomic E-state index is 13.3. The number of anilines is 1. The zero-order valence-corrected chi connectivity index (χ0v) is 19.4. The second kappa shape index (κ2) is 10.3. The molecule has 1 saturated heterocycles. The molecule has 1 aliphatic heterocycles. The summed E-state index contributed by atoms with van der Waals surface area (Å²) in [5.41, 5.74) is 1.57. The van der Waals surface area contributed by atoms with Crippen LogP contribution in [0, 0.1) is 0 Å². The van der Waals surface area contributed by atoms with Crippen molar-refractivity contribution in [3.63, 3.8) is 0 Å². The van der Waals surface area contributed by atoms with Gasteiger partial charge in [0.1, 0.15) is 11.5 Å². The molecule has 0 radical (unpaired) electrons. The van der Waals surface area contributed by atoms with Gasteiger partial charge in [-0.2, -0.15) is 0 Å². The van der Waals surface area contributed by atoms with Crippen molar-refractivity contribution in [3.05, 3.63) is 101 Å². The molecule has 0 spiro atoms. The number of benzene rings is 3. The molecule has 1 amide bonds. The number of ketones is 1. The van der Waals surface area contributed by atoms with Gasteiger partial charge in [0.25, 0.3) is 11.7 Å². The number of hydrogen-bond donors (Lipinski definition) is 1. The third kappa shape index (κ3) is 4.66. The Labute approximate surface area is 203 Å². The van der Waals surface area contributed by atoms with Crippen molar-refractivity contribution in [2.24, 2.45) is 0 Å². The highest BCUT2D eigenvalue weighted by Gasteiger charge is 2.47. The second-order valence-corrected chi connectivity index (χ2v) is 7.99. The van der Waals surface area contributed by atoms with Crippen LogP contribution in [0.25, 0.3) is 5.76 Å². The predicted octanol–water partition coefficient (Wildman–Crippen LogP) is 4.89. The van der Waals surface area contributed by atoms with Gasteiger partial charge in [-0.1, -0.05) is 43.3 Å². The smallest absolute Gasteiger partial charge is 0.337 e. The number of methoxy groups -OCH3 is 1. The zero-order valence-electron chi connectivity index (χ0n) is 19.4. The molecule has 1 unspecified atom stereocenters. The summed E-state index contributed by atoms with van der Waals surface area (Å²) in [7, 11) is 1.27. The molecule has 0 aliphatic carbocycles. The Morgan fingerprint density at radius 3 is 2.31 bits per heavy atom. The van der Waals surface area contributed by atoms with Crippen LogP contribution in [0.3, 0.4) is 0 Å². The minimum absolute atomic E-state index is 0.0353. The highest BCUT2D eigenvalue weighted by atomic mass is 16.5. The molecule has 0 aromatic heterocycles. The van der Waals surface area contributed by atoms with E-state index in [1.807, 2.05) is 13.0 Å². The van der Waals surface area contributed by atoms with Gasteiger partial charge in [0, 0.05) is 11.3 Å². The van der Waals surface area contributed by atoms with E-state index in [0.717, 1.165) is 6.42 Å². The maximum Gasteiger partial charge on any atom is 0.337 e. The molecule has 1 aliphatic rings. The molecule has 7 nitrogen and oxygen atoms in total. The van der Waals surface area contributed by atoms with Crippen LogP contribution in [0.5, 0.6) is 5.75 Å². The van der Waals surface area contributed by atoms with Gasteiger partial charge in [0.05, 0.1) is 30.9 Å². The minimum Gasteiger partial charge on any atom is -0.507 e. The molecule has 1 N–H and O–H groups in total. The Bertz CT molecular complexity index is 1280. The SMILES string of the molecule is CCCOc1ccc(/C(O)=C2\C(=O)C(=O)N(c3cccc(C(=O)OC)c3)C2c2ccccc2)cc1. The average Bonchev–Trinajstić information content (AvgIpc) is 3.17. The number of aliphatic hydroxyl groups is 1. The monoisotopic (exact) mass is 471 g/mol. The molecular formula is C28H25NO6. The standard InChI is InChI=1S/C28H25NO6/c1-3-16-35-22-14-12-19(13-15-22)25(30)23-24(18-8-5-4-6-9-18)29(27(32)26(23)31)21-11-7-10-20(17-21)28(33)34-2/h4-15,17,24,30H,3,16H2,1-2H3/b25-23+. The van der Waals surface area contributed by atoms with Crippen molar-refractivity contribution in [1.29, 1.82) is 0 Å². The van der Waals surface area contributed by atoms with Gasteiger partial charge >= 0.3 is 5.97 Å². The fourth-order valence-corrected chi connectivity index (χ4v) is 4.03. The van der Waals surface area contributed by atoms with Crippen LogP contribution < -0.4 is 9.64 Å². The summed E-state index contributed by atoms with van der Waals surface area (Å²) in [4.78, 5) is 39.9. The second-order valence-electron chi connectivity index (χ2n) is 7.99. The molecule has 1 atom stereocenters. The maximum absolute atomic E-state index is 13.3. The highest BCUT2D eigenvalue weighted by molar-refractivity contribution is 6.51. The number of carbonyl (C=O) groups excluding carboxylic acids is 3. The van der Waals surface area contributed by atoms with E-state index in [4.69, 9.17) is 9.47 Å². The van der Waals surface area contributed by atoms with Gasteiger partial charge in [-0.25, -0.2) is 4.79 Å². The minimum atomic E-state index is -0.889. The van der Waals surface area contributed by atoms with E-state index in [2.05, 4.69) is 0 Å². The third-order valence-corrected chi connectivity index (χ3v) is 5.71. The first-order chi connectivity index (χ1) is 17.0. The Balaban J connectivity index is 1.84. The van der Waals surface area contributed by atoms with Crippen molar-refractivity contribution in [3.8, 4) is 5.75 Å². The molecule has 3 aromatic rings. The molecule has 0 bridgehead atoms. The van der Waals surface area contributed by atoms with Crippen molar-refractivity contribution < 1.29 is 29.0 Å². The van der Waals surface area contributed by atoms with Crippen LogP contribution in [0.4, 0.5) is 5.69 Å². The van der Waals surface area contributed by atoms with Crippen LogP contribution in [-0.4, -0.2) is 36.5 Å². The lowest BCUT2D eigenvalue weighted by Crippen LogP contribution is -2.29. The van der Waals surface area contributed by atoms with E-state index in [9.17, 15) is 19.5 Å². The molecule has 0 saturated carbocycles. The van der Waals surface area contributed by atoms with Crippen molar-refractivity contribution in [2.75, 3.05) is 18.6 Å². The van der Waals surface area contributed by atoms with Gasteiger partial charge in [0.2, 0.25) is 0 Å². The number of aliphatic hydroxyl groups excluding tert-OH is 1. The number of ether oxygens (including phenoxy) is 2. The van der Waals surface area contributed by atoms with Crippen LogP contribution in [0.2, 0.25) is 0 Å². The third-order valence-electron chi connectivity index (χ3n) is 5.71. The van der Waals surface area contributed by atoms with Gasteiger partial charge in [-0.05, 0) is 54.4 Å². The van der Waals surface area contributed by atoms with Crippen molar-refractivity contribution >= 4 is 29.1 Å². The lowest BCUT2D eigenvalue weighted by Gasteiger charge is -2.25. The summed E-state index contributed by atoms with van der Waals surface area (Å²) in [6.45, 7) is 2.57. The summed E-state index contributed by atoms with van der Waals surface area (Å²) < 4.78 is 10.4. The summed E-state index contributed by atoms with van der Waals surface area (Å²) >= 11 is 0. The first-order valence-corrected chi connectivity index (χ1v) is 11.2. The predicted molar refractivity (Wildman–Crippen MR) is 131 cm³/mol. The van der Waals surface area contributed by atoms with Gasteiger partial charge in [0.15, 0.2) is 0 Å². The molecule has 3 aromatic carbocycles. The lowest BCUT2D eigenvalue weighted by atomic mass is 9.95. The van der Waals surface area contributed by atoms with Crippen LogP contribution in [0.1, 0.15) is 40.9 Å². The Morgan fingerprint density at radius 2 is 1.66 bits per heavy atom. The Morgan fingerprint density at radius 1 is 0.943 bits per heavy atom. The van der Waals surface area contributed by atoms with Gasteiger partial charge in [-0.3, -0.25) is 14.5 Å². The summed E-state index contributed by atoms with van der Waals surface area (Å²) in [5, 5.41) is 11.2. The molecule has 178 valence electrons. The van der Waals surface area contributed by atoms with E-state index in [1.54, 1.807) is 66.7 Å². The van der Waals surface area contributed by atoms with Crippen LogP contribution in [0.15, 0.2) is 84.4 Å². The van der Waals surface area contributed by atoms with E-state index in [1.165, 1.54) is 18.1 Å². The molecule has 1 fully saturated rings. The zero-order chi connectivity index (χ0) is 24.9. The number of Topliss-reactive ketones (excluding diaryl/α,β-unsaturated/α-hetero) is 1. The summed E-state index contributed by atoms with van der Waals surface area (Å²) in [6, 6.07) is 21.1. The quantitative estimate of drug-likeness (QED) is 0.228. The van der Waals surface area contributed by atoms with Crippen LogP contribution >= 0.6 is 0 Å². The fraction of sp³-hybridized carbons (Fsp3) is 0.179. The number of amides is 1. The fourth-order valence-electron chi connectivity index (χ4n) is 4.03. The number of esters is 1. The first kappa shape index (κ1) is 23.8. The highest BCUT2D eigenvalue weighted by Crippen LogP contribution is 2.42. The van der Waals surface area contributed by atoms with Crippen LogP contribution in [-0.2, 0) is 14.3 Å². The normalized spacial score (nSPS) is 16.9. The molecule has 4 rings (SSSR count). The molecule has 7 heteroatoms. The van der Waals surface area contributed by atoms with E-state index >= 15 is 0 Å². The molecule has 1 heterocycles. The summed E-state index contributed by atoms with van der Waals surface area (Å²) in [6.07, 6.45) is 0.861. The number of rotatable bonds is 7. The molecule has 35 heavy (non-hydrogen) atoms. The Kier molecular flexibility index (Phi) is 6.96. The van der Waals surface area contributed by atoms with Gasteiger partial charge < -0.3 is 14.6 Å². The number of hydrogen-bond acceptors (Lipinski definition) is 6. The first-order valence-electron chi connectivity index (χ1n) is 11.2. The topological polar surface area (TPSA) is 93.1 Å². The molecular weight excluding hydrogens is 446 g/mol. The number of nitrogens with zero attached hydrogens (tertiary/aromatic N) is 1. The largest absolute Gasteiger partial charge is 0.507 e. The van der Waals surface area contributed by atoms with E-state index in [-0.39, 0.29) is 16.9 Å². The van der Waals surface area contributed by atoms with E-state index < -0.39 is 23.7 Å². The van der Waals surface area contributed by atoms with E-state index in [0.29, 0.717) is 29.2 Å². The summed E-state index contributed by atoms with van der Waals surface area (Å²) in [5.74, 6) is -1.82. The van der Waals surface area contributed by atoms with Crippen molar-refractivity contribution in [1.82, 2.24) is 0 Å². The lowest BCUT2D eigenvalue weighted by molar-refractivity contribution is -0.132. The number of carbonyl (C=O) groups is 3. The average molecular weight is 472 g/mol. The van der Waals surface area contributed by atoms with Gasteiger partial charge in [-0.15, -0.1) is 0 Å². The Hall–Kier alpha value is -4.39.